The molecular weight excluding hydrogens is 260 g/mol. The van der Waals surface area contributed by atoms with Crippen LogP contribution < -0.4 is 5.32 Å². The Bertz CT molecular complexity index is 514. The molecule has 6 nitrogen and oxygen atoms in total. The minimum atomic E-state index is -1.07. The Kier molecular flexibility index (Phi) is 5.71. The number of nitrogens with zero attached hydrogens (tertiary/aromatic N) is 1. The highest BCUT2D eigenvalue weighted by Gasteiger charge is 2.13. The smallest absolute Gasteiger partial charge is 0.324 e. The number of aryl methyl sites for hydroxylation is 1. The average molecular weight is 278 g/mol. The van der Waals surface area contributed by atoms with E-state index in [9.17, 15) is 14.4 Å². The van der Waals surface area contributed by atoms with Crippen LogP contribution in [-0.2, 0) is 16.1 Å². The Morgan fingerprint density at radius 1 is 1.25 bits per heavy atom. The molecule has 0 unspecified atom stereocenters. The van der Waals surface area contributed by atoms with Gasteiger partial charge in [-0.2, -0.15) is 0 Å². The van der Waals surface area contributed by atoms with Crippen molar-refractivity contribution in [1.82, 2.24) is 10.2 Å². The van der Waals surface area contributed by atoms with Crippen molar-refractivity contribution in [2.24, 2.45) is 0 Å². The molecule has 0 bridgehead atoms. The summed E-state index contributed by atoms with van der Waals surface area (Å²) in [5, 5.41) is 10.6. The van der Waals surface area contributed by atoms with Gasteiger partial charge in [-0.1, -0.05) is 29.8 Å². The molecule has 1 rings (SSSR count). The van der Waals surface area contributed by atoms with E-state index in [0.29, 0.717) is 6.54 Å². The molecule has 0 aliphatic carbocycles. The van der Waals surface area contributed by atoms with Crippen molar-refractivity contribution in [1.29, 1.82) is 0 Å². The molecule has 0 heterocycles. The fourth-order valence-corrected chi connectivity index (χ4v) is 1.65. The number of hydrogen-bond acceptors (Lipinski definition) is 3. The summed E-state index contributed by atoms with van der Waals surface area (Å²) >= 11 is 0. The molecule has 1 aromatic rings. The highest BCUT2D eigenvalue weighted by molar-refractivity contribution is 5.95. The summed E-state index contributed by atoms with van der Waals surface area (Å²) in [4.78, 5) is 34.8. The summed E-state index contributed by atoms with van der Waals surface area (Å²) in [6.07, 6.45) is -0.500. The van der Waals surface area contributed by atoms with Crippen molar-refractivity contribution in [3.63, 3.8) is 0 Å². The van der Waals surface area contributed by atoms with Crippen LogP contribution in [0.15, 0.2) is 24.3 Å². The highest BCUT2D eigenvalue weighted by Crippen LogP contribution is 2.06. The first-order valence-corrected chi connectivity index (χ1v) is 6.21. The van der Waals surface area contributed by atoms with Crippen molar-refractivity contribution in [2.45, 2.75) is 26.3 Å². The minimum Gasteiger partial charge on any atom is -0.481 e. The van der Waals surface area contributed by atoms with Crippen LogP contribution >= 0.6 is 0 Å². The zero-order valence-electron chi connectivity index (χ0n) is 11.5. The van der Waals surface area contributed by atoms with Gasteiger partial charge in [0.1, 0.15) is 0 Å². The number of carboxylic acids is 1. The van der Waals surface area contributed by atoms with Gasteiger partial charge in [0.15, 0.2) is 0 Å². The van der Waals surface area contributed by atoms with Gasteiger partial charge in [0.2, 0.25) is 5.91 Å². The van der Waals surface area contributed by atoms with Crippen molar-refractivity contribution in [2.75, 3.05) is 7.05 Å². The maximum atomic E-state index is 11.7. The quantitative estimate of drug-likeness (QED) is 0.855. The van der Waals surface area contributed by atoms with Gasteiger partial charge in [-0.05, 0) is 12.5 Å². The summed E-state index contributed by atoms with van der Waals surface area (Å²) in [5.74, 6) is -1.66. The molecule has 20 heavy (non-hydrogen) atoms. The molecule has 0 radical (unpaired) electrons. The second-order valence-electron chi connectivity index (χ2n) is 4.59. The summed E-state index contributed by atoms with van der Waals surface area (Å²) in [5.41, 5.74) is 2.05. The molecule has 1 aromatic carbocycles. The lowest BCUT2D eigenvalue weighted by molar-refractivity contribution is -0.138. The van der Waals surface area contributed by atoms with Crippen LogP contribution in [0.4, 0.5) is 4.79 Å². The maximum Gasteiger partial charge on any atom is 0.324 e. The number of imide groups is 1. The first kappa shape index (κ1) is 15.7. The van der Waals surface area contributed by atoms with E-state index in [4.69, 9.17) is 5.11 Å². The molecule has 0 saturated carbocycles. The third kappa shape index (κ3) is 5.51. The Hall–Kier alpha value is -2.37. The molecule has 0 saturated heterocycles. The molecule has 0 aromatic heterocycles. The van der Waals surface area contributed by atoms with Gasteiger partial charge in [-0.15, -0.1) is 0 Å². The lowest BCUT2D eigenvalue weighted by atomic mass is 10.1. The monoisotopic (exact) mass is 278 g/mol. The first-order chi connectivity index (χ1) is 9.38. The van der Waals surface area contributed by atoms with Gasteiger partial charge < -0.3 is 10.0 Å². The summed E-state index contributed by atoms with van der Waals surface area (Å²) in [6.45, 7) is 2.33. The number of nitrogens with one attached hydrogen (secondary N) is 1. The van der Waals surface area contributed by atoms with Crippen molar-refractivity contribution >= 4 is 17.9 Å². The summed E-state index contributed by atoms with van der Waals surface area (Å²) < 4.78 is 0. The second kappa shape index (κ2) is 7.28. The van der Waals surface area contributed by atoms with E-state index in [1.165, 1.54) is 4.90 Å². The molecule has 0 aliphatic heterocycles. The number of hydrogen-bond donors (Lipinski definition) is 2. The maximum absolute atomic E-state index is 11.7. The van der Waals surface area contributed by atoms with Gasteiger partial charge in [-0.3, -0.25) is 14.9 Å². The number of carbonyl (C=O) groups excluding carboxylic acids is 2. The third-order valence-corrected chi connectivity index (χ3v) is 2.66. The predicted octanol–water partition coefficient (Wildman–Crippen LogP) is 1.53. The Balaban J connectivity index is 2.46. The average Bonchev–Trinajstić information content (AvgIpc) is 2.36. The topological polar surface area (TPSA) is 86.7 Å². The Morgan fingerprint density at radius 3 is 2.55 bits per heavy atom. The van der Waals surface area contributed by atoms with E-state index >= 15 is 0 Å². The highest BCUT2D eigenvalue weighted by atomic mass is 16.4. The standard InChI is InChI=1S/C14H18N2O4/c1-10-4-3-5-11(8-10)9-16(2)14(20)15-12(17)6-7-13(18)19/h3-5,8H,6-7,9H2,1-2H3,(H,18,19)(H,15,17,20). The largest absolute Gasteiger partial charge is 0.481 e. The van der Waals surface area contributed by atoms with Gasteiger partial charge in [0, 0.05) is 20.0 Å². The molecule has 0 aliphatic rings. The molecule has 3 amide bonds. The molecule has 0 spiro atoms. The normalized spacial score (nSPS) is 9.90. The van der Waals surface area contributed by atoms with Crippen molar-refractivity contribution in [3.8, 4) is 0 Å². The zero-order valence-corrected chi connectivity index (χ0v) is 11.5. The molecule has 2 N–H and O–H groups in total. The van der Waals surface area contributed by atoms with Crippen LogP contribution in [0.25, 0.3) is 0 Å². The van der Waals surface area contributed by atoms with Crippen molar-refractivity contribution in [3.05, 3.63) is 35.4 Å². The van der Waals surface area contributed by atoms with E-state index < -0.39 is 17.9 Å². The predicted molar refractivity (Wildman–Crippen MR) is 73.1 cm³/mol. The van der Waals surface area contributed by atoms with E-state index in [1.54, 1.807) is 7.05 Å². The van der Waals surface area contributed by atoms with Crippen LogP contribution in [0, 0.1) is 6.92 Å². The number of benzene rings is 1. The summed E-state index contributed by atoms with van der Waals surface area (Å²) in [6, 6.07) is 7.16. The van der Waals surface area contributed by atoms with Gasteiger partial charge >= 0.3 is 12.0 Å². The van der Waals surface area contributed by atoms with Gasteiger partial charge in [0.05, 0.1) is 6.42 Å². The van der Waals surface area contributed by atoms with Crippen LogP contribution in [0.5, 0.6) is 0 Å². The third-order valence-electron chi connectivity index (χ3n) is 2.66. The Morgan fingerprint density at radius 2 is 1.95 bits per heavy atom. The SMILES string of the molecule is Cc1cccc(CN(C)C(=O)NC(=O)CCC(=O)O)c1. The van der Waals surface area contributed by atoms with Gasteiger partial charge in [0.25, 0.3) is 0 Å². The van der Waals surface area contributed by atoms with E-state index in [0.717, 1.165) is 11.1 Å². The summed E-state index contributed by atoms with van der Waals surface area (Å²) in [7, 11) is 1.57. The van der Waals surface area contributed by atoms with Gasteiger partial charge in [-0.25, -0.2) is 4.79 Å². The van der Waals surface area contributed by atoms with Crippen molar-refractivity contribution < 1.29 is 19.5 Å². The van der Waals surface area contributed by atoms with E-state index in [2.05, 4.69) is 5.32 Å². The van der Waals surface area contributed by atoms with E-state index in [-0.39, 0.29) is 12.8 Å². The molecule has 108 valence electrons. The number of aliphatic carboxylic acids is 1. The lowest BCUT2D eigenvalue weighted by Crippen LogP contribution is -2.40. The fourth-order valence-electron chi connectivity index (χ4n) is 1.65. The molecular formula is C14H18N2O4. The lowest BCUT2D eigenvalue weighted by Gasteiger charge is -2.17. The van der Waals surface area contributed by atoms with Crippen LogP contribution in [0.2, 0.25) is 0 Å². The number of amides is 3. The van der Waals surface area contributed by atoms with Crippen LogP contribution in [0.1, 0.15) is 24.0 Å². The fraction of sp³-hybridized carbons (Fsp3) is 0.357. The number of urea groups is 1. The minimum absolute atomic E-state index is 0.209. The molecule has 6 heteroatoms. The molecule has 0 fully saturated rings. The Labute approximate surface area is 117 Å². The number of carbonyl (C=O) groups is 3. The van der Waals surface area contributed by atoms with Crippen LogP contribution in [-0.4, -0.2) is 35.0 Å². The zero-order chi connectivity index (χ0) is 15.1. The number of carboxylic acid groups (broad SMARTS) is 1. The van der Waals surface area contributed by atoms with Crippen LogP contribution in [0.3, 0.4) is 0 Å². The second-order valence-corrected chi connectivity index (χ2v) is 4.59. The van der Waals surface area contributed by atoms with E-state index in [1.807, 2.05) is 31.2 Å². The molecule has 0 atom stereocenters. The first-order valence-electron chi connectivity index (χ1n) is 6.21. The number of rotatable bonds is 5.